The zero-order valence-electron chi connectivity index (χ0n) is 27.0. The second-order valence-electron chi connectivity index (χ2n) is 12.3. The molecule has 4 aromatic rings. The Balaban J connectivity index is 1.44. The summed E-state index contributed by atoms with van der Waals surface area (Å²) >= 11 is 13.6. The fraction of sp³-hybridized carbons (Fsp3) is 0.444. The predicted octanol–water partition coefficient (Wildman–Crippen LogP) is 8.31. The first-order valence-electron chi connectivity index (χ1n) is 16.4. The van der Waals surface area contributed by atoms with Gasteiger partial charge in [0, 0.05) is 48.9 Å². The quantitative estimate of drug-likeness (QED) is 0.183. The van der Waals surface area contributed by atoms with Crippen LogP contribution in [0.4, 0.5) is 17.2 Å². The average molecular weight is 665 g/mol. The van der Waals surface area contributed by atoms with Crippen molar-refractivity contribution in [2.45, 2.75) is 58.4 Å². The van der Waals surface area contributed by atoms with Gasteiger partial charge in [0.25, 0.3) is 5.56 Å². The Morgan fingerprint density at radius 1 is 0.870 bits per heavy atom. The third-order valence-electron chi connectivity index (χ3n) is 9.33. The Labute approximate surface area is 281 Å². The lowest BCUT2D eigenvalue weighted by molar-refractivity contribution is 0.223. The number of rotatable bonds is 10. The molecule has 0 unspecified atom stereocenters. The molecule has 8 nitrogen and oxygen atoms in total. The number of nitrogens with one attached hydrogen (secondary N) is 1. The summed E-state index contributed by atoms with van der Waals surface area (Å²) in [5.74, 6) is 1.46. The molecule has 244 valence electrons. The van der Waals surface area contributed by atoms with E-state index in [1.807, 2.05) is 22.9 Å². The minimum absolute atomic E-state index is 0.174. The van der Waals surface area contributed by atoms with E-state index < -0.39 is 0 Å². The second-order valence-corrected chi connectivity index (χ2v) is 13.1. The molecule has 46 heavy (non-hydrogen) atoms. The van der Waals surface area contributed by atoms with Crippen molar-refractivity contribution in [1.29, 1.82) is 0 Å². The molecule has 2 aromatic heterocycles. The molecule has 2 aliphatic rings. The third kappa shape index (κ3) is 6.66. The van der Waals surface area contributed by atoms with Crippen LogP contribution in [-0.4, -0.2) is 61.4 Å². The van der Waals surface area contributed by atoms with Crippen molar-refractivity contribution < 1.29 is 9.47 Å². The number of anilines is 3. The van der Waals surface area contributed by atoms with E-state index in [4.69, 9.17) is 37.7 Å². The first kappa shape index (κ1) is 32.5. The second kappa shape index (κ2) is 14.5. The number of hydrogen-bond donors (Lipinski definition) is 1. The van der Waals surface area contributed by atoms with E-state index in [-0.39, 0.29) is 15.6 Å². The Morgan fingerprint density at radius 3 is 2.22 bits per heavy atom. The molecular weight excluding hydrogens is 621 g/mol. The monoisotopic (exact) mass is 663 g/mol. The van der Waals surface area contributed by atoms with Gasteiger partial charge in [-0.1, -0.05) is 41.8 Å². The van der Waals surface area contributed by atoms with E-state index in [1.165, 1.54) is 58.4 Å². The topological polar surface area (TPSA) is 71.9 Å². The Hall–Kier alpha value is -3.46. The van der Waals surface area contributed by atoms with Gasteiger partial charge in [-0.15, -0.1) is 0 Å². The maximum atomic E-state index is 14.5. The van der Waals surface area contributed by atoms with Gasteiger partial charge in [-0.05, 0) is 82.8 Å². The zero-order valence-corrected chi connectivity index (χ0v) is 28.5. The van der Waals surface area contributed by atoms with Crippen LogP contribution in [0.25, 0.3) is 22.0 Å². The summed E-state index contributed by atoms with van der Waals surface area (Å²) in [6.07, 6.45) is 10.1. The summed E-state index contributed by atoms with van der Waals surface area (Å²) in [5, 5.41) is 4.97. The fourth-order valence-corrected chi connectivity index (χ4v) is 7.54. The molecule has 10 heteroatoms. The SMILES string of the molecule is COc1cc(OC)c(Cl)c(-c2cc3cnc(Nc4c(C)cccc4N4CCCCC4)cc3n(CCCN3CCCCC3)c2=O)c1Cl. The molecule has 6 rings (SSSR count). The standard InChI is InChI=1S/C36H43Cl2N5O3/c1-24-12-10-13-27(42-17-8-5-9-18-42)35(24)40-31-21-28-25(23-39-31)20-26(32-33(37)29(45-2)22-30(46-3)34(32)38)36(44)43(28)19-11-16-41-14-6-4-7-15-41/h10,12-13,20-23H,4-9,11,14-19H2,1-3H3,(H,39,40). The first-order chi connectivity index (χ1) is 22.4. The van der Waals surface area contributed by atoms with Crippen LogP contribution in [-0.2, 0) is 6.54 Å². The molecular formula is C36H43Cl2N5O3. The number of benzene rings is 2. The van der Waals surface area contributed by atoms with Crippen molar-refractivity contribution in [3.05, 3.63) is 68.6 Å². The highest BCUT2D eigenvalue weighted by atomic mass is 35.5. The van der Waals surface area contributed by atoms with Crippen LogP contribution in [0.1, 0.15) is 50.5 Å². The number of likely N-dealkylation sites (tertiary alicyclic amines) is 1. The smallest absolute Gasteiger partial charge is 0.259 e. The van der Waals surface area contributed by atoms with Gasteiger partial charge in [0.05, 0.1) is 46.7 Å². The van der Waals surface area contributed by atoms with E-state index in [0.717, 1.165) is 61.3 Å². The van der Waals surface area contributed by atoms with Crippen LogP contribution in [0.3, 0.4) is 0 Å². The van der Waals surface area contributed by atoms with E-state index in [1.54, 1.807) is 6.07 Å². The van der Waals surface area contributed by atoms with Crippen LogP contribution >= 0.6 is 23.2 Å². The van der Waals surface area contributed by atoms with Gasteiger partial charge >= 0.3 is 0 Å². The molecule has 1 N–H and O–H groups in total. The van der Waals surface area contributed by atoms with Crippen LogP contribution in [0.2, 0.25) is 10.0 Å². The minimum Gasteiger partial charge on any atom is -0.495 e. The molecule has 0 atom stereocenters. The van der Waals surface area contributed by atoms with E-state index in [0.29, 0.717) is 35.0 Å². The van der Waals surface area contributed by atoms with Gasteiger partial charge < -0.3 is 29.2 Å². The normalized spacial score (nSPS) is 15.7. The van der Waals surface area contributed by atoms with Gasteiger partial charge in [0.2, 0.25) is 0 Å². The van der Waals surface area contributed by atoms with Gasteiger partial charge in [-0.25, -0.2) is 4.98 Å². The summed E-state index contributed by atoms with van der Waals surface area (Å²) < 4.78 is 12.9. The van der Waals surface area contributed by atoms with E-state index in [2.05, 4.69) is 40.2 Å². The number of ether oxygens (including phenoxy) is 2. The molecule has 0 saturated carbocycles. The number of fused-ring (bicyclic) bond motifs is 1. The minimum atomic E-state index is -0.174. The summed E-state index contributed by atoms with van der Waals surface area (Å²) in [5.41, 5.74) is 4.79. The highest BCUT2D eigenvalue weighted by Crippen LogP contribution is 2.45. The molecule has 2 aromatic carbocycles. The maximum absolute atomic E-state index is 14.5. The lowest BCUT2D eigenvalue weighted by Crippen LogP contribution is -2.32. The molecule has 2 aliphatic heterocycles. The number of piperidine rings is 2. The average Bonchev–Trinajstić information content (AvgIpc) is 3.08. The van der Waals surface area contributed by atoms with Gasteiger partial charge in [-0.3, -0.25) is 4.79 Å². The number of methoxy groups -OCH3 is 2. The van der Waals surface area contributed by atoms with Gasteiger partial charge in [-0.2, -0.15) is 0 Å². The lowest BCUT2D eigenvalue weighted by atomic mass is 10.0. The zero-order chi connectivity index (χ0) is 32.2. The van der Waals surface area contributed by atoms with Crippen molar-refractivity contribution in [2.75, 3.05) is 57.2 Å². The molecule has 2 fully saturated rings. The highest BCUT2D eigenvalue weighted by Gasteiger charge is 2.24. The van der Waals surface area contributed by atoms with Crippen molar-refractivity contribution in [3.63, 3.8) is 0 Å². The van der Waals surface area contributed by atoms with E-state index in [9.17, 15) is 4.79 Å². The van der Waals surface area contributed by atoms with Crippen molar-refractivity contribution >= 4 is 51.3 Å². The number of halogens is 2. The van der Waals surface area contributed by atoms with Crippen LogP contribution < -0.4 is 25.2 Å². The molecule has 0 aliphatic carbocycles. The molecule has 0 spiro atoms. The van der Waals surface area contributed by atoms with E-state index >= 15 is 0 Å². The van der Waals surface area contributed by atoms with Crippen molar-refractivity contribution in [3.8, 4) is 22.6 Å². The number of nitrogens with zero attached hydrogens (tertiary/aromatic N) is 4. The number of pyridine rings is 2. The number of aromatic nitrogens is 2. The van der Waals surface area contributed by atoms with Crippen LogP contribution in [0, 0.1) is 6.92 Å². The summed E-state index contributed by atoms with van der Waals surface area (Å²) in [6, 6.07) is 11.9. The summed E-state index contributed by atoms with van der Waals surface area (Å²) in [4.78, 5) is 24.2. The Kier molecular flexibility index (Phi) is 10.3. The predicted molar refractivity (Wildman–Crippen MR) is 190 cm³/mol. The van der Waals surface area contributed by atoms with Crippen molar-refractivity contribution in [1.82, 2.24) is 14.5 Å². The first-order valence-corrected chi connectivity index (χ1v) is 17.1. The molecule has 0 amide bonds. The van der Waals surface area contributed by atoms with Crippen LogP contribution in [0.15, 0.2) is 47.4 Å². The number of aryl methyl sites for hydroxylation is 2. The Morgan fingerprint density at radius 2 is 1.54 bits per heavy atom. The molecule has 2 saturated heterocycles. The van der Waals surface area contributed by atoms with Gasteiger partial charge in [0.1, 0.15) is 17.3 Å². The van der Waals surface area contributed by atoms with Gasteiger partial charge in [0.15, 0.2) is 0 Å². The fourth-order valence-electron chi connectivity index (χ4n) is 6.84. The summed E-state index contributed by atoms with van der Waals surface area (Å²) in [6.45, 7) is 7.91. The molecule has 0 radical (unpaired) electrons. The third-order valence-corrected chi connectivity index (χ3v) is 10.1. The Bertz CT molecular complexity index is 1740. The maximum Gasteiger partial charge on any atom is 0.259 e. The highest BCUT2D eigenvalue weighted by molar-refractivity contribution is 6.41. The summed E-state index contributed by atoms with van der Waals surface area (Å²) in [7, 11) is 3.06. The van der Waals surface area contributed by atoms with Crippen molar-refractivity contribution in [2.24, 2.45) is 0 Å². The number of hydrogen-bond acceptors (Lipinski definition) is 7. The molecule has 0 bridgehead atoms. The lowest BCUT2D eigenvalue weighted by Gasteiger charge is -2.31. The molecule has 4 heterocycles. The van der Waals surface area contributed by atoms with Crippen LogP contribution in [0.5, 0.6) is 11.5 Å². The largest absolute Gasteiger partial charge is 0.495 e. The number of para-hydroxylation sites is 1.